The Morgan fingerprint density at radius 1 is 1.26 bits per heavy atom. The first kappa shape index (κ1) is 15.6. The van der Waals surface area contributed by atoms with Gasteiger partial charge in [0, 0.05) is 16.6 Å². The smallest absolute Gasteiger partial charge is 0.231 e. The highest BCUT2D eigenvalue weighted by atomic mass is 79.9. The van der Waals surface area contributed by atoms with Gasteiger partial charge in [0.15, 0.2) is 0 Å². The molecule has 0 saturated heterocycles. The first-order chi connectivity index (χ1) is 11.1. The van der Waals surface area contributed by atoms with E-state index in [9.17, 15) is 9.59 Å². The minimum absolute atomic E-state index is 0.0618. The molecule has 2 N–H and O–H groups in total. The van der Waals surface area contributed by atoms with Crippen molar-refractivity contribution >= 4 is 39.1 Å². The summed E-state index contributed by atoms with van der Waals surface area (Å²) in [5.41, 5.74) is 1.31. The molecule has 1 heterocycles. The third-order valence-electron chi connectivity index (χ3n) is 3.50. The summed E-state index contributed by atoms with van der Waals surface area (Å²) in [4.78, 5) is 24.4. The van der Waals surface area contributed by atoms with Crippen LogP contribution in [0.3, 0.4) is 0 Å². The molecule has 0 aliphatic carbocycles. The van der Waals surface area contributed by atoms with Crippen molar-refractivity contribution in [1.82, 2.24) is 0 Å². The lowest BCUT2D eigenvalue weighted by Crippen LogP contribution is -2.29. The van der Waals surface area contributed by atoms with Crippen LogP contribution in [0.2, 0.25) is 0 Å². The molecule has 1 aliphatic rings. The highest BCUT2D eigenvalue weighted by Gasteiger charge is 2.26. The summed E-state index contributed by atoms with van der Waals surface area (Å²) in [6.07, 6.45) is 0.0618. The number of ether oxygens (including phenoxy) is 1. The lowest BCUT2D eigenvalue weighted by Gasteiger charge is -2.12. The number of hydrogen-bond donors (Lipinski definition) is 2. The van der Waals surface area contributed by atoms with Crippen LogP contribution in [-0.4, -0.2) is 18.4 Å². The number of benzene rings is 2. The fourth-order valence-electron chi connectivity index (χ4n) is 2.35. The van der Waals surface area contributed by atoms with Gasteiger partial charge in [-0.15, -0.1) is 0 Å². The number of amides is 2. The van der Waals surface area contributed by atoms with Gasteiger partial charge in [-0.3, -0.25) is 9.59 Å². The van der Waals surface area contributed by atoms with Gasteiger partial charge in [-0.2, -0.15) is 0 Å². The van der Waals surface area contributed by atoms with Gasteiger partial charge in [-0.25, -0.2) is 0 Å². The van der Waals surface area contributed by atoms with Gasteiger partial charge < -0.3 is 15.4 Å². The first-order valence-electron chi connectivity index (χ1n) is 7.20. The Morgan fingerprint density at radius 3 is 2.91 bits per heavy atom. The maximum absolute atomic E-state index is 12.2. The summed E-state index contributed by atoms with van der Waals surface area (Å²) < 4.78 is 6.51. The van der Waals surface area contributed by atoms with Gasteiger partial charge in [0.25, 0.3) is 0 Å². The molecule has 0 fully saturated rings. The lowest BCUT2D eigenvalue weighted by molar-refractivity contribution is -0.125. The molecule has 1 aliphatic heterocycles. The van der Waals surface area contributed by atoms with Crippen LogP contribution in [0.4, 0.5) is 11.4 Å². The second-order valence-corrected chi connectivity index (χ2v) is 6.17. The van der Waals surface area contributed by atoms with E-state index >= 15 is 0 Å². The van der Waals surface area contributed by atoms with Gasteiger partial charge in [-0.1, -0.05) is 34.1 Å². The number of halogens is 1. The van der Waals surface area contributed by atoms with E-state index in [0.717, 1.165) is 4.47 Å². The van der Waals surface area contributed by atoms with Crippen molar-refractivity contribution < 1.29 is 14.3 Å². The zero-order valence-electron chi connectivity index (χ0n) is 12.2. The minimum Gasteiger partial charge on any atom is -0.491 e. The van der Waals surface area contributed by atoms with Gasteiger partial charge in [0.1, 0.15) is 12.4 Å². The molecular formula is C17H15BrN2O3. The summed E-state index contributed by atoms with van der Waals surface area (Å²) in [6, 6.07) is 14.5. The second kappa shape index (κ2) is 6.83. The quantitative estimate of drug-likeness (QED) is 0.864. The van der Waals surface area contributed by atoms with Crippen molar-refractivity contribution in [3.8, 4) is 5.75 Å². The average molecular weight is 375 g/mol. The molecule has 6 heteroatoms. The molecular weight excluding hydrogens is 360 g/mol. The summed E-state index contributed by atoms with van der Waals surface area (Å²) in [5.74, 6) is -0.345. The predicted octanol–water partition coefficient (Wildman–Crippen LogP) is 3.43. The number of carbonyl (C=O) groups excluding carboxylic acids is 2. The van der Waals surface area contributed by atoms with Gasteiger partial charge >= 0.3 is 0 Å². The second-order valence-electron chi connectivity index (χ2n) is 5.26. The standard InChI is InChI=1S/C17H15BrN2O3/c18-12-4-3-5-13(9-12)19-16(21)8-11-10-23-15-7-2-1-6-14(15)20-17(11)22/h1-7,9,11H,8,10H2,(H,19,21)(H,20,22). The average Bonchev–Trinajstić information content (AvgIpc) is 2.67. The van der Waals surface area contributed by atoms with E-state index < -0.39 is 5.92 Å². The van der Waals surface area contributed by atoms with Crippen LogP contribution in [-0.2, 0) is 9.59 Å². The summed E-state index contributed by atoms with van der Waals surface area (Å²) in [6.45, 7) is 0.175. The van der Waals surface area contributed by atoms with Crippen molar-refractivity contribution in [2.24, 2.45) is 5.92 Å². The number of nitrogens with one attached hydrogen (secondary N) is 2. The van der Waals surface area contributed by atoms with E-state index in [1.165, 1.54) is 0 Å². The molecule has 0 spiro atoms. The zero-order valence-corrected chi connectivity index (χ0v) is 13.8. The van der Waals surface area contributed by atoms with Crippen molar-refractivity contribution in [1.29, 1.82) is 0 Å². The first-order valence-corrected chi connectivity index (χ1v) is 7.99. The molecule has 0 saturated carbocycles. The fourth-order valence-corrected chi connectivity index (χ4v) is 2.75. The maximum Gasteiger partial charge on any atom is 0.231 e. The highest BCUT2D eigenvalue weighted by Crippen LogP contribution is 2.28. The number of anilines is 2. The lowest BCUT2D eigenvalue weighted by atomic mass is 10.1. The van der Waals surface area contributed by atoms with Crippen LogP contribution in [0.15, 0.2) is 53.0 Å². The van der Waals surface area contributed by atoms with E-state index in [1.54, 1.807) is 24.3 Å². The van der Waals surface area contributed by atoms with Crippen LogP contribution >= 0.6 is 15.9 Å². The molecule has 23 heavy (non-hydrogen) atoms. The largest absolute Gasteiger partial charge is 0.491 e. The fraction of sp³-hybridized carbons (Fsp3) is 0.176. The third-order valence-corrected chi connectivity index (χ3v) is 3.99. The number of carbonyl (C=O) groups is 2. The Balaban J connectivity index is 1.64. The molecule has 2 aromatic rings. The summed E-state index contributed by atoms with van der Waals surface area (Å²) in [5, 5.41) is 5.59. The van der Waals surface area contributed by atoms with Crippen LogP contribution in [0, 0.1) is 5.92 Å². The minimum atomic E-state index is -0.533. The van der Waals surface area contributed by atoms with Crippen LogP contribution in [0.25, 0.3) is 0 Å². The number of fused-ring (bicyclic) bond motifs is 1. The normalized spacial score (nSPS) is 16.6. The molecule has 2 amide bonds. The van der Waals surface area contributed by atoms with Crippen LogP contribution in [0.5, 0.6) is 5.75 Å². The van der Waals surface area contributed by atoms with Crippen LogP contribution < -0.4 is 15.4 Å². The van der Waals surface area contributed by atoms with E-state index in [0.29, 0.717) is 17.1 Å². The SMILES string of the molecule is O=C(CC1COc2ccccc2NC1=O)Nc1cccc(Br)c1. The van der Waals surface area contributed by atoms with E-state index in [4.69, 9.17) is 4.74 Å². The van der Waals surface area contributed by atoms with E-state index in [-0.39, 0.29) is 24.8 Å². The van der Waals surface area contributed by atoms with Crippen molar-refractivity contribution in [3.63, 3.8) is 0 Å². The summed E-state index contributed by atoms with van der Waals surface area (Å²) in [7, 11) is 0. The molecule has 3 rings (SSSR count). The van der Waals surface area contributed by atoms with Crippen molar-refractivity contribution in [3.05, 3.63) is 53.0 Å². The molecule has 0 bridgehead atoms. The van der Waals surface area contributed by atoms with Gasteiger partial charge in [-0.05, 0) is 30.3 Å². The number of rotatable bonds is 3. The van der Waals surface area contributed by atoms with Crippen LogP contribution in [0.1, 0.15) is 6.42 Å². The molecule has 1 atom stereocenters. The monoisotopic (exact) mass is 374 g/mol. The van der Waals surface area contributed by atoms with E-state index in [2.05, 4.69) is 26.6 Å². The number of para-hydroxylation sites is 2. The molecule has 0 aromatic heterocycles. The Kier molecular flexibility index (Phi) is 4.62. The molecule has 5 nitrogen and oxygen atoms in total. The zero-order chi connectivity index (χ0) is 16.2. The number of hydrogen-bond acceptors (Lipinski definition) is 3. The third kappa shape index (κ3) is 3.90. The van der Waals surface area contributed by atoms with Crippen molar-refractivity contribution in [2.75, 3.05) is 17.2 Å². The Bertz CT molecular complexity index is 748. The topological polar surface area (TPSA) is 67.4 Å². The van der Waals surface area contributed by atoms with E-state index in [1.807, 2.05) is 24.3 Å². The molecule has 0 radical (unpaired) electrons. The highest BCUT2D eigenvalue weighted by molar-refractivity contribution is 9.10. The Hall–Kier alpha value is -2.34. The molecule has 2 aromatic carbocycles. The Morgan fingerprint density at radius 2 is 2.09 bits per heavy atom. The van der Waals surface area contributed by atoms with Gasteiger partial charge in [0.2, 0.25) is 11.8 Å². The summed E-state index contributed by atoms with van der Waals surface area (Å²) >= 11 is 3.35. The van der Waals surface area contributed by atoms with Crippen molar-refractivity contribution in [2.45, 2.75) is 6.42 Å². The predicted molar refractivity (Wildman–Crippen MR) is 91.4 cm³/mol. The molecule has 118 valence electrons. The maximum atomic E-state index is 12.2. The molecule has 1 unspecified atom stereocenters. The Labute approximate surface area is 142 Å². The van der Waals surface area contributed by atoms with Gasteiger partial charge in [0.05, 0.1) is 11.6 Å².